The highest BCUT2D eigenvalue weighted by Crippen LogP contribution is 2.61. The number of ether oxygens (including phenoxy) is 2. The lowest BCUT2D eigenvalue weighted by Gasteiger charge is -2.50. The van der Waals surface area contributed by atoms with Crippen molar-refractivity contribution in [3.05, 3.63) is 46.1 Å². The van der Waals surface area contributed by atoms with Gasteiger partial charge < -0.3 is 9.47 Å². The summed E-state index contributed by atoms with van der Waals surface area (Å²) >= 11 is 3.61. The summed E-state index contributed by atoms with van der Waals surface area (Å²) in [7, 11) is -3.34. The molecule has 1 aromatic rings. The molecular formula is C24H38BrNO4SSi. The van der Waals surface area contributed by atoms with E-state index in [1.54, 1.807) is 7.11 Å². The third-order valence-electron chi connectivity index (χ3n) is 7.19. The molecule has 2 aliphatic carbocycles. The molecule has 8 heteroatoms. The molecule has 1 saturated carbocycles. The van der Waals surface area contributed by atoms with Crippen LogP contribution in [-0.2, 0) is 31.5 Å². The highest BCUT2D eigenvalue weighted by atomic mass is 79.9. The van der Waals surface area contributed by atoms with Crippen LogP contribution in [0.15, 0.2) is 35.0 Å². The van der Waals surface area contributed by atoms with Gasteiger partial charge in [-0.15, -0.1) is 0 Å². The van der Waals surface area contributed by atoms with Gasteiger partial charge in [-0.25, -0.2) is 8.42 Å². The van der Waals surface area contributed by atoms with Crippen molar-refractivity contribution in [1.82, 2.24) is 4.72 Å². The molecule has 0 amide bonds. The fourth-order valence-electron chi connectivity index (χ4n) is 5.44. The van der Waals surface area contributed by atoms with Crippen molar-refractivity contribution in [2.24, 2.45) is 5.41 Å². The van der Waals surface area contributed by atoms with Crippen molar-refractivity contribution in [1.29, 1.82) is 0 Å². The van der Waals surface area contributed by atoms with Crippen molar-refractivity contribution in [2.45, 2.75) is 76.4 Å². The molecule has 0 saturated heterocycles. The molecule has 1 aromatic carbocycles. The van der Waals surface area contributed by atoms with E-state index in [4.69, 9.17) is 9.47 Å². The molecule has 0 aliphatic heterocycles. The third-order valence-corrected chi connectivity index (χ3v) is 11.2. The molecule has 180 valence electrons. The summed E-state index contributed by atoms with van der Waals surface area (Å²) in [6, 6.07) is 6.91. The van der Waals surface area contributed by atoms with E-state index in [-0.39, 0.29) is 17.3 Å². The largest absolute Gasteiger partial charge is 0.496 e. The second-order valence-corrected chi connectivity index (χ2v) is 18.9. The molecule has 0 aromatic heterocycles. The number of sulfonamides is 1. The molecular weight excluding hydrogens is 506 g/mol. The van der Waals surface area contributed by atoms with Gasteiger partial charge in [0.25, 0.3) is 0 Å². The molecule has 1 unspecified atom stereocenters. The maximum absolute atomic E-state index is 13.6. The van der Waals surface area contributed by atoms with Crippen molar-refractivity contribution >= 4 is 34.0 Å². The van der Waals surface area contributed by atoms with E-state index < -0.39 is 23.6 Å². The lowest BCUT2D eigenvalue weighted by molar-refractivity contribution is -0.0155. The fraction of sp³-hybridized carbons (Fsp3) is 0.667. The van der Waals surface area contributed by atoms with Crippen LogP contribution in [0.25, 0.3) is 0 Å². The molecule has 5 nitrogen and oxygen atoms in total. The zero-order chi connectivity index (χ0) is 23.8. The molecule has 2 aliphatic rings. The van der Waals surface area contributed by atoms with E-state index in [2.05, 4.69) is 59.0 Å². The monoisotopic (exact) mass is 543 g/mol. The number of nitrogens with one attached hydrogen (secondary N) is 1. The summed E-state index contributed by atoms with van der Waals surface area (Å²) in [5.41, 5.74) is 0.818. The zero-order valence-corrected chi connectivity index (χ0v) is 23.5. The van der Waals surface area contributed by atoms with E-state index >= 15 is 0 Å². The Kier molecular flexibility index (Phi) is 7.72. The lowest BCUT2D eigenvalue weighted by atomic mass is 9.61. The van der Waals surface area contributed by atoms with Crippen LogP contribution in [-0.4, -0.2) is 42.1 Å². The quantitative estimate of drug-likeness (QED) is 0.326. The molecule has 0 bridgehead atoms. The van der Waals surface area contributed by atoms with Crippen LogP contribution in [0.5, 0.6) is 0 Å². The van der Waals surface area contributed by atoms with Gasteiger partial charge in [-0.1, -0.05) is 48.2 Å². The topological polar surface area (TPSA) is 64.6 Å². The van der Waals surface area contributed by atoms with Gasteiger partial charge in [-0.3, -0.25) is 0 Å². The summed E-state index contributed by atoms with van der Waals surface area (Å²) in [6.45, 7) is 13.3. The number of benzene rings is 1. The predicted octanol–water partition coefficient (Wildman–Crippen LogP) is 5.58. The fourth-order valence-corrected chi connectivity index (χ4v) is 10.3. The predicted molar refractivity (Wildman–Crippen MR) is 137 cm³/mol. The summed E-state index contributed by atoms with van der Waals surface area (Å²) in [6.07, 6.45) is 4.49. The Morgan fingerprint density at radius 3 is 2.50 bits per heavy atom. The van der Waals surface area contributed by atoms with Gasteiger partial charge in [-0.05, 0) is 68.3 Å². The van der Waals surface area contributed by atoms with Crippen molar-refractivity contribution in [3.63, 3.8) is 0 Å². The van der Waals surface area contributed by atoms with E-state index in [9.17, 15) is 8.42 Å². The number of rotatable bonds is 9. The van der Waals surface area contributed by atoms with Crippen molar-refractivity contribution < 1.29 is 17.9 Å². The van der Waals surface area contributed by atoms with Gasteiger partial charge in [-0.2, -0.15) is 4.72 Å². The van der Waals surface area contributed by atoms with Gasteiger partial charge in [0.05, 0.1) is 18.5 Å². The minimum Gasteiger partial charge on any atom is -0.496 e. The second kappa shape index (κ2) is 9.53. The average Bonchev–Trinajstić information content (AvgIpc) is 2.96. The van der Waals surface area contributed by atoms with Crippen LogP contribution >= 0.6 is 15.9 Å². The molecule has 1 fully saturated rings. The Morgan fingerprint density at radius 2 is 1.94 bits per heavy atom. The molecule has 0 radical (unpaired) electrons. The summed E-state index contributed by atoms with van der Waals surface area (Å²) in [5, 5.41) is 0. The van der Waals surface area contributed by atoms with Crippen LogP contribution in [0, 0.1) is 5.41 Å². The van der Waals surface area contributed by atoms with E-state index in [1.807, 2.05) is 13.0 Å². The maximum atomic E-state index is 13.6. The van der Waals surface area contributed by atoms with Gasteiger partial charge in [0.1, 0.15) is 11.3 Å². The zero-order valence-electron chi connectivity index (χ0n) is 20.1. The van der Waals surface area contributed by atoms with Gasteiger partial charge in [0.2, 0.25) is 10.0 Å². The van der Waals surface area contributed by atoms with E-state index in [1.165, 1.54) is 0 Å². The first-order chi connectivity index (χ1) is 14.9. The van der Waals surface area contributed by atoms with Crippen LogP contribution in [0.1, 0.15) is 43.7 Å². The summed E-state index contributed by atoms with van der Waals surface area (Å²) < 4.78 is 43.0. The second-order valence-electron chi connectivity index (χ2n) is 10.5. The third kappa shape index (κ3) is 5.04. The first-order valence-electron chi connectivity index (χ1n) is 11.5. The number of hydrogen-bond donors (Lipinski definition) is 1. The first-order valence-corrected chi connectivity index (χ1v) is 17.7. The lowest BCUT2D eigenvalue weighted by Crippen LogP contribution is -2.58. The van der Waals surface area contributed by atoms with E-state index in [0.717, 1.165) is 47.7 Å². The highest BCUT2D eigenvalue weighted by molar-refractivity contribution is 9.10. The number of methoxy groups -OCH3 is 1. The minimum absolute atomic E-state index is 0.129. The normalized spacial score (nSPS) is 28.0. The smallest absolute Gasteiger partial charge is 0.212 e. The SMILES string of the molecule is C=C(OCC)C1(NS(=O)(=O)CC[Si](C)(C)C)c2cc(Br)ccc2CC12CCC(OC)CC2. The number of fused-ring (bicyclic) bond motifs is 1. The molecule has 1 N–H and O–H groups in total. The van der Waals surface area contributed by atoms with Gasteiger partial charge >= 0.3 is 0 Å². The Balaban J connectivity index is 2.14. The highest BCUT2D eigenvalue weighted by Gasteiger charge is 2.62. The molecule has 32 heavy (non-hydrogen) atoms. The Labute approximate surface area is 203 Å². The summed E-state index contributed by atoms with van der Waals surface area (Å²) in [5.74, 6) is 0.633. The van der Waals surface area contributed by atoms with Crippen LogP contribution < -0.4 is 4.72 Å². The molecule has 3 rings (SSSR count). The Morgan fingerprint density at radius 1 is 1.28 bits per heavy atom. The molecule has 0 heterocycles. The Hall–Kier alpha value is -0.673. The molecule has 1 atom stereocenters. The Bertz CT molecular complexity index is 951. The maximum Gasteiger partial charge on any atom is 0.212 e. The average molecular weight is 545 g/mol. The van der Waals surface area contributed by atoms with Crippen molar-refractivity contribution in [2.75, 3.05) is 19.5 Å². The van der Waals surface area contributed by atoms with Crippen LogP contribution in [0.3, 0.4) is 0 Å². The van der Waals surface area contributed by atoms with Gasteiger partial charge in [0.15, 0.2) is 0 Å². The van der Waals surface area contributed by atoms with Crippen molar-refractivity contribution in [3.8, 4) is 0 Å². The van der Waals surface area contributed by atoms with Crippen LogP contribution in [0.4, 0.5) is 0 Å². The number of hydrogen-bond acceptors (Lipinski definition) is 4. The first kappa shape index (κ1) is 25.9. The standard InChI is InChI=1S/C24H38BrNO4SSi/c1-7-30-18(2)24(26-31(27,28)14-15-32(4,5)6)22-16-20(25)9-8-19(22)17-23(24)12-10-21(29-3)11-13-23/h8-9,16,21,26H,2,7,10-15,17H2,1,3-6H3. The number of halogens is 1. The van der Waals surface area contributed by atoms with Gasteiger partial charge in [0, 0.05) is 25.1 Å². The minimum atomic E-state index is -3.57. The summed E-state index contributed by atoms with van der Waals surface area (Å²) in [4.78, 5) is 0. The van der Waals surface area contributed by atoms with E-state index in [0.29, 0.717) is 18.4 Å². The van der Waals surface area contributed by atoms with Crippen LogP contribution in [0.2, 0.25) is 25.7 Å². The molecule has 1 spiro atoms.